The summed E-state index contributed by atoms with van der Waals surface area (Å²) < 4.78 is 5.05. The van der Waals surface area contributed by atoms with E-state index in [0.717, 1.165) is 0 Å². The Hall–Kier alpha value is -2.63. The molecule has 1 aromatic carbocycles. The molecule has 0 unspecified atom stereocenters. The number of aryl methyl sites for hydroxylation is 2. The summed E-state index contributed by atoms with van der Waals surface area (Å²) in [7, 11) is 1.54. The van der Waals surface area contributed by atoms with Gasteiger partial charge in [0.05, 0.1) is 16.9 Å². The van der Waals surface area contributed by atoms with Crippen molar-refractivity contribution in [1.82, 2.24) is 10.5 Å². The van der Waals surface area contributed by atoms with E-state index in [-0.39, 0.29) is 11.8 Å². The van der Waals surface area contributed by atoms with Crippen LogP contribution in [-0.4, -0.2) is 24.0 Å². The van der Waals surface area contributed by atoms with Crippen molar-refractivity contribution in [2.45, 2.75) is 20.3 Å². The van der Waals surface area contributed by atoms with Crippen LogP contribution in [-0.2, 0) is 6.42 Å². The fourth-order valence-electron chi connectivity index (χ4n) is 2.06. The molecule has 0 atom stereocenters. The Morgan fingerprint density at radius 1 is 1.24 bits per heavy atom. The van der Waals surface area contributed by atoms with E-state index in [1.165, 1.54) is 0 Å². The van der Waals surface area contributed by atoms with E-state index in [4.69, 9.17) is 4.52 Å². The average molecular weight is 287 g/mol. The molecule has 0 saturated heterocycles. The minimum Gasteiger partial charge on any atom is -0.361 e. The van der Waals surface area contributed by atoms with Crippen molar-refractivity contribution in [1.29, 1.82) is 0 Å². The normalized spacial score (nSPS) is 10.2. The lowest BCUT2D eigenvalue weighted by Crippen LogP contribution is -2.22. The van der Waals surface area contributed by atoms with Gasteiger partial charge in [-0.05, 0) is 25.5 Å². The van der Waals surface area contributed by atoms with Crippen LogP contribution in [0.5, 0.6) is 0 Å². The third-order valence-corrected chi connectivity index (χ3v) is 3.14. The maximum absolute atomic E-state index is 12.4. The second-order valence-corrected chi connectivity index (χ2v) is 4.49. The lowest BCUT2D eigenvalue weighted by molar-refractivity contribution is 0.0964. The Kier molecular flexibility index (Phi) is 4.37. The molecule has 1 aromatic heterocycles. The number of hydrogen-bond donors (Lipinski definition) is 2. The standard InChI is InChI=1S/C15H17N3O3/c1-4-11-13(9(2)21-18-11)15(20)17-12-8-6-5-7-10(12)14(19)16-3/h5-8H,4H2,1-3H3,(H,16,19)(H,17,20). The molecule has 0 spiro atoms. The number of anilines is 1. The van der Waals surface area contributed by atoms with Crippen LogP contribution < -0.4 is 10.6 Å². The number of hydrogen-bond acceptors (Lipinski definition) is 4. The first-order valence-electron chi connectivity index (χ1n) is 6.66. The van der Waals surface area contributed by atoms with Crippen molar-refractivity contribution < 1.29 is 14.1 Å². The summed E-state index contributed by atoms with van der Waals surface area (Å²) in [4.78, 5) is 24.2. The number of nitrogens with zero attached hydrogens (tertiary/aromatic N) is 1. The van der Waals surface area contributed by atoms with E-state index in [2.05, 4.69) is 15.8 Å². The molecule has 2 N–H and O–H groups in total. The highest BCUT2D eigenvalue weighted by atomic mass is 16.5. The van der Waals surface area contributed by atoms with Gasteiger partial charge in [-0.25, -0.2) is 0 Å². The van der Waals surface area contributed by atoms with Gasteiger partial charge in [-0.1, -0.05) is 24.2 Å². The van der Waals surface area contributed by atoms with Gasteiger partial charge in [0.1, 0.15) is 11.3 Å². The number of nitrogens with one attached hydrogen (secondary N) is 2. The number of carbonyl (C=O) groups excluding carboxylic acids is 2. The molecule has 6 nitrogen and oxygen atoms in total. The fraction of sp³-hybridized carbons (Fsp3) is 0.267. The van der Waals surface area contributed by atoms with Gasteiger partial charge in [-0.15, -0.1) is 0 Å². The van der Waals surface area contributed by atoms with Crippen LogP contribution >= 0.6 is 0 Å². The molecule has 21 heavy (non-hydrogen) atoms. The highest BCUT2D eigenvalue weighted by Crippen LogP contribution is 2.19. The second kappa shape index (κ2) is 6.21. The summed E-state index contributed by atoms with van der Waals surface area (Å²) in [5, 5.41) is 9.14. The predicted molar refractivity (Wildman–Crippen MR) is 78.4 cm³/mol. The van der Waals surface area contributed by atoms with E-state index >= 15 is 0 Å². The lowest BCUT2D eigenvalue weighted by Gasteiger charge is -2.10. The van der Waals surface area contributed by atoms with Crippen LogP contribution in [0.4, 0.5) is 5.69 Å². The molecule has 0 bridgehead atoms. The number of para-hydroxylation sites is 1. The Morgan fingerprint density at radius 3 is 2.62 bits per heavy atom. The largest absolute Gasteiger partial charge is 0.361 e. The van der Waals surface area contributed by atoms with E-state index in [1.807, 2.05) is 6.92 Å². The zero-order chi connectivity index (χ0) is 15.4. The molecule has 0 aliphatic rings. The SMILES string of the molecule is CCc1noc(C)c1C(=O)Nc1ccccc1C(=O)NC. The number of rotatable bonds is 4. The van der Waals surface area contributed by atoms with Crippen LogP contribution in [0.1, 0.15) is 39.1 Å². The van der Waals surface area contributed by atoms with E-state index in [0.29, 0.717) is 34.7 Å². The number of amides is 2. The molecule has 2 aromatic rings. The van der Waals surface area contributed by atoms with E-state index in [9.17, 15) is 9.59 Å². The van der Waals surface area contributed by atoms with Gasteiger partial charge in [0.15, 0.2) is 0 Å². The Labute approximate surface area is 122 Å². The molecule has 0 aliphatic heterocycles. The molecule has 0 saturated carbocycles. The summed E-state index contributed by atoms with van der Waals surface area (Å²) in [6.45, 7) is 3.58. The van der Waals surface area contributed by atoms with Gasteiger partial charge in [0.2, 0.25) is 0 Å². The van der Waals surface area contributed by atoms with Crippen LogP contribution in [0.2, 0.25) is 0 Å². The monoisotopic (exact) mass is 287 g/mol. The summed E-state index contributed by atoms with van der Waals surface area (Å²) in [5.41, 5.74) is 1.87. The molecule has 110 valence electrons. The topological polar surface area (TPSA) is 84.2 Å². The molecular formula is C15H17N3O3. The Morgan fingerprint density at radius 2 is 1.95 bits per heavy atom. The molecule has 0 aliphatic carbocycles. The summed E-state index contributed by atoms with van der Waals surface area (Å²) >= 11 is 0. The first-order chi connectivity index (χ1) is 10.1. The summed E-state index contributed by atoms with van der Waals surface area (Å²) in [5.74, 6) is -0.132. The lowest BCUT2D eigenvalue weighted by atomic mass is 10.1. The van der Waals surface area contributed by atoms with Gasteiger partial charge in [0.25, 0.3) is 11.8 Å². The van der Waals surface area contributed by atoms with Crippen LogP contribution in [0.25, 0.3) is 0 Å². The Balaban J connectivity index is 2.32. The zero-order valence-electron chi connectivity index (χ0n) is 12.2. The second-order valence-electron chi connectivity index (χ2n) is 4.49. The molecule has 1 heterocycles. The summed E-state index contributed by atoms with van der Waals surface area (Å²) in [6.07, 6.45) is 0.594. The summed E-state index contributed by atoms with van der Waals surface area (Å²) in [6, 6.07) is 6.82. The molecule has 0 radical (unpaired) electrons. The van der Waals surface area contributed by atoms with Crippen molar-refractivity contribution in [3.05, 3.63) is 46.8 Å². The van der Waals surface area contributed by atoms with Gasteiger partial charge in [-0.2, -0.15) is 0 Å². The van der Waals surface area contributed by atoms with Gasteiger partial charge < -0.3 is 15.2 Å². The predicted octanol–water partition coefficient (Wildman–Crippen LogP) is 2.16. The van der Waals surface area contributed by atoms with E-state index < -0.39 is 0 Å². The van der Waals surface area contributed by atoms with E-state index in [1.54, 1.807) is 38.2 Å². The number of carbonyl (C=O) groups is 2. The maximum Gasteiger partial charge on any atom is 0.261 e. The van der Waals surface area contributed by atoms with Gasteiger partial charge in [-0.3, -0.25) is 9.59 Å². The average Bonchev–Trinajstić information content (AvgIpc) is 2.88. The highest BCUT2D eigenvalue weighted by Gasteiger charge is 2.20. The van der Waals surface area contributed by atoms with Crippen molar-refractivity contribution in [3.8, 4) is 0 Å². The molecular weight excluding hydrogens is 270 g/mol. The van der Waals surface area contributed by atoms with Crippen molar-refractivity contribution >= 4 is 17.5 Å². The Bertz CT molecular complexity index is 677. The van der Waals surface area contributed by atoms with Crippen LogP contribution in [0, 0.1) is 6.92 Å². The molecule has 0 fully saturated rings. The minimum absolute atomic E-state index is 0.261. The first-order valence-corrected chi connectivity index (χ1v) is 6.66. The highest BCUT2D eigenvalue weighted by molar-refractivity contribution is 6.09. The van der Waals surface area contributed by atoms with Crippen LogP contribution in [0.3, 0.4) is 0 Å². The quantitative estimate of drug-likeness (QED) is 0.902. The molecule has 6 heteroatoms. The van der Waals surface area contributed by atoms with Crippen molar-refractivity contribution in [2.24, 2.45) is 0 Å². The maximum atomic E-state index is 12.4. The number of benzene rings is 1. The van der Waals surface area contributed by atoms with Gasteiger partial charge in [0, 0.05) is 7.05 Å². The minimum atomic E-state index is -0.332. The molecule has 2 amide bonds. The third-order valence-electron chi connectivity index (χ3n) is 3.14. The molecule has 2 rings (SSSR count). The third kappa shape index (κ3) is 2.94. The fourth-order valence-corrected chi connectivity index (χ4v) is 2.06. The van der Waals surface area contributed by atoms with Gasteiger partial charge >= 0.3 is 0 Å². The van der Waals surface area contributed by atoms with Crippen molar-refractivity contribution in [2.75, 3.05) is 12.4 Å². The van der Waals surface area contributed by atoms with Crippen LogP contribution in [0.15, 0.2) is 28.8 Å². The first kappa shape index (κ1) is 14.8. The smallest absolute Gasteiger partial charge is 0.261 e. The zero-order valence-corrected chi connectivity index (χ0v) is 12.2. The number of aromatic nitrogens is 1. The van der Waals surface area contributed by atoms with Crippen molar-refractivity contribution in [3.63, 3.8) is 0 Å².